The number of carbonyl (C=O) groups excluding carboxylic acids is 2. The Labute approximate surface area is 287 Å². The van der Waals surface area contributed by atoms with Crippen LogP contribution in [-0.2, 0) is 27.2 Å². The lowest BCUT2D eigenvalue weighted by Crippen LogP contribution is -2.29. The summed E-state index contributed by atoms with van der Waals surface area (Å²) in [6, 6.07) is 9.68. The summed E-state index contributed by atoms with van der Waals surface area (Å²) in [7, 11) is 5.29. The number of halogens is 2. The van der Waals surface area contributed by atoms with Crippen LogP contribution in [0.25, 0.3) is 27.7 Å². The van der Waals surface area contributed by atoms with E-state index >= 15 is 8.78 Å². The number of pyridine rings is 1. The topological polar surface area (TPSA) is 111 Å². The predicted molar refractivity (Wildman–Crippen MR) is 186 cm³/mol. The highest BCUT2D eigenvalue weighted by molar-refractivity contribution is 6.11. The number of ether oxygens (including phenoxy) is 3. The fourth-order valence-corrected chi connectivity index (χ4v) is 6.86. The molecule has 2 N–H and O–H groups in total. The number of aromatic nitrogens is 3. The number of nitrogens with zero attached hydrogens (tertiary/aromatic N) is 4. The number of hydrogen-bond acceptors (Lipinski definition) is 8. The normalized spacial score (nSPS) is 15.9. The van der Waals surface area contributed by atoms with Crippen molar-refractivity contribution in [2.75, 3.05) is 64.4 Å². The summed E-state index contributed by atoms with van der Waals surface area (Å²) in [4.78, 5) is 33.3. The van der Waals surface area contributed by atoms with Crippen molar-refractivity contribution in [2.24, 2.45) is 0 Å². The van der Waals surface area contributed by atoms with Gasteiger partial charge < -0.3 is 38.7 Å². The number of benzene rings is 2. The van der Waals surface area contributed by atoms with Crippen molar-refractivity contribution in [3.8, 4) is 16.9 Å². The van der Waals surface area contributed by atoms with Crippen molar-refractivity contribution in [2.45, 2.75) is 25.4 Å². The monoisotopic (exact) mass is 684 g/mol. The Morgan fingerprint density at radius 1 is 1.16 bits per heavy atom. The van der Waals surface area contributed by atoms with E-state index in [-0.39, 0.29) is 17.3 Å². The maximum Gasteiger partial charge on any atom is 0.248 e. The number of fused-ring (bicyclic) bond motifs is 4. The van der Waals surface area contributed by atoms with Gasteiger partial charge in [-0.1, -0.05) is 12.1 Å². The molecule has 1 fully saturated rings. The number of amides is 1. The third kappa shape index (κ3) is 6.12. The maximum absolute atomic E-state index is 15.3. The largest absolute Gasteiger partial charge is 0.496 e. The van der Waals surface area contributed by atoms with Crippen LogP contribution in [0.4, 0.5) is 20.2 Å². The minimum Gasteiger partial charge on any atom is -0.496 e. The number of methoxy groups -OCH3 is 2. The molecule has 13 heteroatoms. The average molecular weight is 685 g/mol. The van der Waals surface area contributed by atoms with Gasteiger partial charge >= 0.3 is 0 Å². The molecule has 0 unspecified atom stereocenters. The van der Waals surface area contributed by atoms with Gasteiger partial charge in [-0.25, -0.2) is 13.8 Å². The van der Waals surface area contributed by atoms with E-state index in [0.717, 1.165) is 57.5 Å². The summed E-state index contributed by atoms with van der Waals surface area (Å²) < 4.78 is 51.0. The predicted octanol–water partition coefficient (Wildman–Crippen LogP) is 4.99. The van der Waals surface area contributed by atoms with Gasteiger partial charge in [0.15, 0.2) is 0 Å². The summed E-state index contributed by atoms with van der Waals surface area (Å²) in [5, 5.41) is 5.48. The summed E-state index contributed by atoms with van der Waals surface area (Å²) in [5.74, 6) is -2.71. The Morgan fingerprint density at radius 3 is 2.72 bits per heavy atom. The van der Waals surface area contributed by atoms with Gasteiger partial charge in [0.1, 0.15) is 28.6 Å². The van der Waals surface area contributed by atoms with Crippen LogP contribution in [0.15, 0.2) is 61.1 Å². The second-order valence-corrected chi connectivity index (χ2v) is 12.5. The van der Waals surface area contributed by atoms with Gasteiger partial charge in [-0.05, 0) is 42.7 Å². The smallest absolute Gasteiger partial charge is 0.248 e. The summed E-state index contributed by atoms with van der Waals surface area (Å²) in [5.41, 5.74) is 5.46. The molecule has 0 radical (unpaired) electrons. The van der Waals surface area contributed by atoms with Gasteiger partial charge in [0.05, 0.1) is 54.6 Å². The fraction of sp³-hybridized carbons (Fsp3) is 0.324. The molecule has 1 amide bonds. The third-order valence-electron chi connectivity index (χ3n) is 9.35. The molecule has 2 aromatic carbocycles. The number of ketones is 1. The molecule has 5 heterocycles. The first kappa shape index (κ1) is 33.4. The molecule has 11 nitrogen and oxygen atoms in total. The number of nitrogens with one attached hydrogen (secondary N) is 2. The number of hydrogen-bond donors (Lipinski definition) is 2. The van der Waals surface area contributed by atoms with Crippen molar-refractivity contribution in [3.63, 3.8) is 0 Å². The Hall–Kier alpha value is -5.11. The fourth-order valence-electron chi connectivity index (χ4n) is 6.86. The van der Waals surface area contributed by atoms with E-state index in [4.69, 9.17) is 19.2 Å². The molecule has 1 atom stereocenters. The van der Waals surface area contributed by atoms with Crippen LogP contribution in [0, 0.1) is 11.6 Å². The van der Waals surface area contributed by atoms with Crippen LogP contribution >= 0.6 is 0 Å². The Morgan fingerprint density at radius 2 is 1.98 bits per heavy atom. The van der Waals surface area contributed by atoms with Gasteiger partial charge in [0.2, 0.25) is 11.7 Å². The van der Waals surface area contributed by atoms with E-state index in [2.05, 4.69) is 15.5 Å². The molecule has 3 aromatic heterocycles. The molecule has 0 spiro atoms. The van der Waals surface area contributed by atoms with E-state index in [1.807, 2.05) is 29.8 Å². The number of carbonyl (C=O) groups is 2. The molecule has 260 valence electrons. The van der Waals surface area contributed by atoms with Gasteiger partial charge in [-0.2, -0.15) is 0 Å². The van der Waals surface area contributed by atoms with Crippen molar-refractivity contribution >= 4 is 39.6 Å². The second-order valence-electron chi connectivity index (χ2n) is 12.5. The first-order valence-electron chi connectivity index (χ1n) is 16.5. The van der Waals surface area contributed by atoms with Crippen molar-refractivity contribution < 1.29 is 32.6 Å². The first-order valence-corrected chi connectivity index (χ1v) is 16.5. The highest BCUT2D eigenvalue weighted by atomic mass is 19.1. The lowest BCUT2D eigenvalue weighted by Gasteiger charge is -2.27. The molecule has 7 rings (SSSR count). The summed E-state index contributed by atoms with van der Waals surface area (Å²) >= 11 is 0. The molecular weight excluding hydrogens is 646 g/mol. The van der Waals surface area contributed by atoms with E-state index in [1.165, 1.54) is 6.08 Å². The van der Waals surface area contributed by atoms with Gasteiger partial charge in [-0.3, -0.25) is 9.59 Å². The van der Waals surface area contributed by atoms with Gasteiger partial charge in [0.25, 0.3) is 0 Å². The van der Waals surface area contributed by atoms with Crippen molar-refractivity contribution in [1.29, 1.82) is 0 Å². The Bertz CT molecular complexity index is 2110. The zero-order valence-electron chi connectivity index (χ0n) is 28.1. The highest BCUT2D eigenvalue weighted by Crippen LogP contribution is 2.47. The minimum absolute atomic E-state index is 0.179. The summed E-state index contributed by atoms with van der Waals surface area (Å²) in [6.07, 6.45) is 7.83. The molecule has 0 saturated carbocycles. The summed E-state index contributed by atoms with van der Waals surface area (Å²) in [6.45, 7) is 3.47. The molecule has 0 bridgehead atoms. The molecule has 1 saturated heterocycles. The van der Waals surface area contributed by atoms with Crippen LogP contribution in [0.3, 0.4) is 0 Å². The lowest BCUT2D eigenvalue weighted by molar-refractivity contribution is -0.112. The van der Waals surface area contributed by atoms with E-state index < -0.39 is 29.0 Å². The Kier molecular flexibility index (Phi) is 9.36. The van der Waals surface area contributed by atoms with Crippen LogP contribution in [0.1, 0.15) is 28.0 Å². The standard InChI is InChI=1S/C37H38F2N6O5/c1-43-12-8-22-18-29(37(47)23-16-26(38)33(27(39)17-23)42-31(46)7-4-10-40-24-9-14-50-20-24)45-11-5-6-25(35(22)45)32-30(49-3)19-28-34(36(32)43)41-21-44(28)13-15-48-2/h4-7,11,16-19,21,24,40H,8-10,12-15,20H2,1-3H3,(H,42,46)/b7-4+/t24-/m0/s1. The molecule has 2 aliphatic rings. The molecular formula is C37H38F2N6O5. The first-order chi connectivity index (χ1) is 24.3. The number of rotatable bonds is 11. The SMILES string of the molecule is COCCn1cnc2c3c(c(OC)cc21)-c1cccn2c(C(=O)c4cc(F)c(NC(=O)/C=C/CN[C@H]5CCOC5)c(F)c4)cc(c12)CCN3C. The Balaban J connectivity index is 1.22. The third-order valence-corrected chi connectivity index (χ3v) is 9.35. The molecule has 0 aliphatic carbocycles. The molecule has 50 heavy (non-hydrogen) atoms. The molecule has 2 aliphatic heterocycles. The zero-order valence-corrected chi connectivity index (χ0v) is 28.1. The van der Waals surface area contributed by atoms with Crippen LogP contribution in [0.5, 0.6) is 5.75 Å². The minimum atomic E-state index is -1.05. The van der Waals surface area contributed by atoms with E-state index in [9.17, 15) is 9.59 Å². The molecule has 5 aromatic rings. The zero-order chi connectivity index (χ0) is 34.9. The van der Waals surface area contributed by atoms with Crippen LogP contribution in [-0.4, -0.2) is 85.9 Å². The average Bonchev–Trinajstić information content (AvgIpc) is 3.87. The highest BCUT2D eigenvalue weighted by Gasteiger charge is 2.29. The van der Waals surface area contributed by atoms with Gasteiger partial charge in [0, 0.05) is 75.9 Å². The maximum atomic E-state index is 15.3. The van der Waals surface area contributed by atoms with Crippen LogP contribution < -0.4 is 20.3 Å². The van der Waals surface area contributed by atoms with E-state index in [1.54, 1.807) is 43.3 Å². The number of imidazole rings is 1. The lowest BCUT2D eigenvalue weighted by atomic mass is 9.96. The van der Waals surface area contributed by atoms with Crippen LogP contribution in [0.2, 0.25) is 0 Å². The quantitative estimate of drug-likeness (QED) is 0.148. The van der Waals surface area contributed by atoms with Crippen molar-refractivity contribution in [3.05, 3.63) is 89.5 Å². The number of anilines is 2. The second kappa shape index (κ2) is 14.0. The van der Waals surface area contributed by atoms with Gasteiger partial charge in [-0.15, -0.1) is 0 Å². The van der Waals surface area contributed by atoms with E-state index in [0.29, 0.717) is 51.6 Å². The van der Waals surface area contributed by atoms with Crippen molar-refractivity contribution in [1.82, 2.24) is 19.3 Å². The number of likely N-dealkylation sites (N-methyl/N-ethyl adjacent to an activating group) is 1.